The minimum atomic E-state index is -0.0866. The Labute approximate surface area is 124 Å². The van der Waals surface area contributed by atoms with Gasteiger partial charge in [-0.1, -0.05) is 30.3 Å². The molecule has 2 aromatic carbocycles. The molecule has 104 valence electrons. The molecule has 2 atom stereocenters. The van der Waals surface area contributed by atoms with Gasteiger partial charge >= 0.3 is 0 Å². The summed E-state index contributed by atoms with van der Waals surface area (Å²) in [6.07, 6.45) is 1.07. The van der Waals surface area contributed by atoms with Gasteiger partial charge in [0, 0.05) is 23.2 Å². The smallest absolute Gasteiger partial charge is 0.255 e. The molecule has 1 amide bonds. The van der Waals surface area contributed by atoms with Gasteiger partial charge in [-0.2, -0.15) is 0 Å². The van der Waals surface area contributed by atoms with Gasteiger partial charge in [-0.25, -0.2) is 0 Å². The maximum atomic E-state index is 12.0. The van der Waals surface area contributed by atoms with E-state index in [1.54, 1.807) is 12.1 Å². The Morgan fingerprint density at radius 3 is 2.20 bits per heavy atom. The Hall–Kier alpha value is -1.84. The van der Waals surface area contributed by atoms with E-state index in [2.05, 4.69) is 5.32 Å². The fourth-order valence-corrected chi connectivity index (χ4v) is 2.20. The van der Waals surface area contributed by atoms with Crippen molar-refractivity contribution >= 4 is 24.0 Å². The van der Waals surface area contributed by atoms with Gasteiger partial charge in [0.1, 0.15) is 0 Å². The molecule has 2 aromatic rings. The predicted octanol–water partition coefficient (Wildman–Crippen LogP) is 3.18. The molecular weight excluding hydrogens is 272 g/mol. The van der Waals surface area contributed by atoms with Crippen molar-refractivity contribution in [3.63, 3.8) is 0 Å². The lowest BCUT2D eigenvalue weighted by molar-refractivity contribution is 0.102. The van der Waals surface area contributed by atoms with E-state index in [-0.39, 0.29) is 18.3 Å². The quantitative estimate of drug-likeness (QED) is 0.911. The number of anilines is 1. The van der Waals surface area contributed by atoms with Gasteiger partial charge in [-0.05, 0) is 36.2 Å². The molecular formula is C16H17ClN2O. The zero-order chi connectivity index (χ0) is 13.2. The monoisotopic (exact) mass is 288 g/mol. The van der Waals surface area contributed by atoms with Gasteiger partial charge < -0.3 is 11.1 Å². The highest BCUT2D eigenvalue weighted by atomic mass is 35.5. The molecule has 0 aromatic heterocycles. The van der Waals surface area contributed by atoms with Gasteiger partial charge in [-0.15, -0.1) is 12.4 Å². The zero-order valence-electron chi connectivity index (χ0n) is 11.0. The fraction of sp³-hybridized carbons (Fsp3) is 0.188. The minimum Gasteiger partial charge on any atom is -0.327 e. The summed E-state index contributed by atoms with van der Waals surface area (Å²) in [6.45, 7) is 0. The van der Waals surface area contributed by atoms with Crippen LogP contribution in [0.1, 0.15) is 28.3 Å². The fourth-order valence-electron chi connectivity index (χ4n) is 2.20. The molecule has 4 heteroatoms. The zero-order valence-corrected chi connectivity index (χ0v) is 11.8. The first-order valence-electron chi connectivity index (χ1n) is 6.46. The molecule has 3 N–H and O–H groups in total. The minimum absolute atomic E-state index is 0. The number of nitrogens with one attached hydrogen (secondary N) is 1. The van der Waals surface area contributed by atoms with Crippen LogP contribution in [-0.2, 0) is 0 Å². The van der Waals surface area contributed by atoms with Crippen LogP contribution in [0.15, 0.2) is 54.6 Å². The average Bonchev–Trinajstić information content (AvgIpc) is 3.18. The Bertz CT molecular complexity index is 583. The summed E-state index contributed by atoms with van der Waals surface area (Å²) >= 11 is 0. The number of carbonyl (C=O) groups is 1. The van der Waals surface area contributed by atoms with Crippen molar-refractivity contribution in [1.82, 2.24) is 0 Å². The molecule has 0 radical (unpaired) electrons. The SMILES string of the molecule is Cl.N[C@H]1C[C@H]1c1ccc(NC(=O)c2ccccc2)cc1. The molecule has 3 nitrogen and oxygen atoms in total. The number of benzene rings is 2. The maximum Gasteiger partial charge on any atom is 0.255 e. The van der Waals surface area contributed by atoms with E-state index in [9.17, 15) is 4.79 Å². The summed E-state index contributed by atoms with van der Waals surface area (Å²) in [4.78, 5) is 12.0. The maximum absolute atomic E-state index is 12.0. The van der Waals surface area contributed by atoms with Crippen molar-refractivity contribution in [3.8, 4) is 0 Å². The number of carbonyl (C=O) groups excluding carboxylic acids is 1. The van der Waals surface area contributed by atoms with Gasteiger partial charge in [0.05, 0.1) is 0 Å². The van der Waals surface area contributed by atoms with E-state index in [0.717, 1.165) is 12.1 Å². The van der Waals surface area contributed by atoms with Crippen molar-refractivity contribution in [1.29, 1.82) is 0 Å². The summed E-state index contributed by atoms with van der Waals surface area (Å²) < 4.78 is 0. The van der Waals surface area contributed by atoms with Crippen molar-refractivity contribution in [2.75, 3.05) is 5.32 Å². The van der Waals surface area contributed by atoms with E-state index >= 15 is 0 Å². The van der Waals surface area contributed by atoms with Crippen LogP contribution in [0.3, 0.4) is 0 Å². The molecule has 0 bridgehead atoms. The van der Waals surface area contributed by atoms with Crippen LogP contribution in [0, 0.1) is 0 Å². The van der Waals surface area contributed by atoms with Crippen LogP contribution in [0.25, 0.3) is 0 Å². The Morgan fingerprint density at radius 2 is 1.65 bits per heavy atom. The summed E-state index contributed by atoms with van der Waals surface area (Å²) in [7, 11) is 0. The van der Waals surface area contributed by atoms with Crippen molar-refractivity contribution in [2.24, 2.45) is 5.73 Å². The Balaban J connectivity index is 0.00000147. The predicted molar refractivity (Wildman–Crippen MR) is 83.4 cm³/mol. The second-order valence-electron chi connectivity index (χ2n) is 4.95. The first kappa shape index (κ1) is 14.6. The number of hydrogen-bond donors (Lipinski definition) is 2. The number of amides is 1. The lowest BCUT2D eigenvalue weighted by Gasteiger charge is -2.06. The van der Waals surface area contributed by atoms with Crippen molar-refractivity contribution < 1.29 is 4.79 Å². The van der Waals surface area contributed by atoms with Crippen molar-refractivity contribution in [3.05, 3.63) is 65.7 Å². The van der Waals surface area contributed by atoms with Crippen LogP contribution in [0.2, 0.25) is 0 Å². The molecule has 1 saturated carbocycles. The number of rotatable bonds is 3. The lowest BCUT2D eigenvalue weighted by Crippen LogP contribution is -2.11. The molecule has 0 spiro atoms. The summed E-state index contributed by atoms with van der Waals surface area (Å²) in [5.41, 5.74) is 8.55. The molecule has 1 fully saturated rings. The normalized spacial score (nSPS) is 19.9. The molecule has 0 unspecified atom stereocenters. The Kier molecular flexibility index (Phi) is 4.42. The van der Waals surface area contributed by atoms with E-state index in [0.29, 0.717) is 17.5 Å². The lowest BCUT2D eigenvalue weighted by atomic mass is 10.1. The first-order valence-corrected chi connectivity index (χ1v) is 6.46. The second kappa shape index (κ2) is 6.07. The molecule has 0 heterocycles. The highest BCUT2D eigenvalue weighted by molar-refractivity contribution is 6.04. The highest BCUT2D eigenvalue weighted by Gasteiger charge is 2.34. The summed E-state index contributed by atoms with van der Waals surface area (Å²) in [5, 5.41) is 2.89. The van der Waals surface area contributed by atoms with E-state index in [4.69, 9.17) is 5.73 Å². The highest BCUT2D eigenvalue weighted by Crippen LogP contribution is 2.39. The third kappa shape index (κ3) is 3.18. The Morgan fingerprint density at radius 1 is 1.05 bits per heavy atom. The van der Waals surface area contributed by atoms with Gasteiger partial charge in [0.2, 0.25) is 0 Å². The van der Waals surface area contributed by atoms with E-state index in [1.807, 2.05) is 42.5 Å². The third-order valence-corrected chi connectivity index (χ3v) is 3.47. The molecule has 3 rings (SSSR count). The summed E-state index contributed by atoms with van der Waals surface area (Å²) in [5.74, 6) is 0.412. The van der Waals surface area contributed by atoms with Crippen LogP contribution in [-0.4, -0.2) is 11.9 Å². The van der Waals surface area contributed by atoms with Gasteiger partial charge in [-0.3, -0.25) is 4.79 Å². The van der Waals surface area contributed by atoms with Crippen LogP contribution in [0.5, 0.6) is 0 Å². The first-order chi connectivity index (χ1) is 9.24. The number of halogens is 1. The number of nitrogens with two attached hydrogens (primary N) is 1. The van der Waals surface area contributed by atoms with Crippen LogP contribution < -0.4 is 11.1 Å². The second-order valence-corrected chi connectivity index (χ2v) is 4.95. The van der Waals surface area contributed by atoms with Gasteiger partial charge in [0.15, 0.2) is 0 Å². The van der Waals surface area contributed by atoms with Crippen molar-refractivity contribution in [2.45, 2.75) is 18.4 Å². The van der Waals surface area contributed by atoms with E-state index in [1.165, 1.54) is 5.56 Å². The average molecular weight is 289 g/mol. The van der Waals surface area contributed by atoms with Crippen LogP contribution in [0.4, 0.5) is 5.69 Å². The molecule has 1 aliphatic rings. The topological polar surface area (TPSA) is 55.1 Å². The van der Waals surface area contributed by atoms with E-state index < -0.39 is 0 Å². The largest absolute Gasteiger partial charge is 0.327 e. The van der Waals surface area contributed by atoms with Crippen LogP contribution >= 0.6 is 12.4 Å². The van der Waals surface area contributed by atoms with Gasteiger partial charge in [0.25, 0.3) is 5.91 Å². The molecule has 20 heavy (non-hydrogen) atoms. The molecule has 0 aliphatic heterocycles. The molecule has 0 saturated heterocycles. The standard InChI is InChI=1S/C16H16N2O.ClH/c17-15-10-14(15)11-6-8-13(9-7-11)18-16(19)12-4-2-1-3-5-12;/h1-9,14-15H,10,17H2,(H,18,19);1H/t14-,15-;/m0./s1. The summed E-state index contributed by atoms with van der Waals surface area (Å²) in [6, 6.07) is 17.5. The number of hydrogen-bond acceptors (Lipinski definition) is 2. The third-order valence-electron chi connectivity index (χ3n) is 3.47. The molecule has 1 aliphatic carbocycles.